The summed E-state index contributed by atoms with van der Waals surface area (Å²) < 4.78 is 11.6. The molecule has 1 saturated carbocycles. The molecule has 0 bridgehead atoms. The molecule has 6 rings (SSSR count). The van der Waals surface area contributed by atoms with Crippen molar-refractivity contribution in [3.63, 3.8) is 0 Å². The Kier molecular flexibility index (Phi) is 5.41. The summed E-state index contributed by atoms with van der Waals surface area (Å²) in [5.74, 6) is 0.0812. The molecule has 1 amide bonds. The molecule has 34 heavy (non-hydrogen) atoms. The third-order valence-electron chi connectivity index (χ3n) is 8.20. The Morgan fingerprint density at radius 1 is 1.09 bits per heavy atom. The van der Waals surface area contributed by atoms with Gasteiger partial charge in [-0.1, -0.05) is 48.5 Å². The van der Waals surface area contributed by atoms with Crippen LogP contribution in [0.25, 0.3) is 10.9 Å². The molecule has 0 unspecified atom stereocenters. The number of aromatic amines is 1. The largest absolute Gasteiger partial charge is 0.469 e. The van der Waals surface area contributed by atoms with Crippen LogP contribution in [0.2, 0.25) is 0 Å². The van der Waals surface area contributed by atoms with E-state index < -0.39 is 0 Å². The van der Waals surface area contributed by atoms with Crippen molar-refractivity contribution in [3.8, 4) is 0 Å². The molecule has 2 aromatic carbocycles. The number of aromatic nitrogens is 1. The highest BCUT2D eigenvalue weighted by Crippen LogP contribution is 2.50. The molecule has 2 fully saturated rings. The van der Waals surface area contributed by atoms with Crippen LogP contribution in [0.4, 0.5) is 0 Å². The van der Waals surface area contributed by atoms with E-state index in [1.54, 1.807) is 0 Å². The van der Waals surface area contributed by atoms with E-state index in [9.17, 15) is 9.59 Å². The van der Waals surface area contributed by atoms with Gasteiger partial charge in [0.25, 0.3) is 0 Å². The molecule has 5 atom stereocenters. The summed E-state index contributed by atoms with van der Waals surface area (Å²) in [4.78, 5) is 31.9. The maximum absolute atomic E-state index is 13.2. The molecular weight excluding hydrogens is 428 g/mol. The van der Waals surface area contributed by atoms with Crippen LogP contribution in [0, 0.1) is 17.8 Å². The molecule has 1 N–H and O–H groups in total. The zero-order chi connectivity index (χ0) is 23.2. The molecule has 3 heterocycles. The molecule has 3 aromatic rings. The highest BCUT2D eigenvalue weighted by molar-refractivity contribution is 5.92. The van der Waals surface area contributed by atoms with E-state index in [1.165, 1.54) is 7.11 Å². The fraction of sp³-hybridized carbons (Fsp3) is 0.429. The first-order valence-corrected chi connectivity index (χ1v) is 12.3. The van der Waals surface area contributed by atoms with E-state index in [2.05, 4.69) is 22.0 Å². The van der Waals surface area contributed by atoms with Gasteiger partial charge in [-0.05, 0) is 48.3 Å². The lowest BCUT2D eigenvalue weighted by Gasteiger charge is -2.51. The number of nitrogens with one attached hydrogen (secondary N) is 1. The van der Waals surface area contributed by atoms with Crippen LogP contribution in [0.15, 0.2) is 54.6 Å². The summed E-state index contributed by atoms with van der Waals surface area (Å²) in [5.41, 5.74) is 4.42. The van der Waals surface area contributed by atoms with E-state index >= 15 is 0 Å². The van der Waals surface area contributed by atoms with Crippen molar-refractivity contribution in [2.75, 3.05) is 13.7 Å². The molecular formula is C28H30N2O4. The number of carbonyl (C=O) groups is 2. The monoisotopic (exact) mass is 458 g/mol. The van der Waals surface area contributed by atoms with Crippen molar-refractivity contribution >= 4 is 22.8 Å². The number of fused-ring (bicyclic) bond motifs is 6. The highest BCUT2D eigenvalue weighted by atomic mass is 16.5. The first-order chi connectivity index (χ1) is 16.6. The van der Waals surface area contributed by atoms with E-state index in [0.29, 0.717) is 19.6 Å². The lowest BCUT2D eigenvalue weighted by atomic mass is 9.64. The first-order valence-electron chi connectivity index (χ1n) is 12.3. The van der Waals surface area contributed by atoms with Gasteiger partial charge in [-0.3, -0.25) is 9.59 Å². The second-order valence-electron chi connectivity index (χ2n) is 9.92. The number of para-hydroxylation sites is 1. The second kappa shape index (κ2) is 8.58. The van der Waals surface area contributed by atoms with Crippen molar-refractivity contribution in [3.05, 3.63) is 71.4 Å². The molecule has 3 aliphatic rings. The van der Waals surface area contributed by atoms with Gasteiger partial charge in [0.1, 0.15) is 0 Å². The highest BCUT2D eigenvalue weighted by Gasteiger charge is 2.51. The average molecular weight is 459 g/mol. The van der Waals surface area contributed by atoms with Gasteiger partial charge in [0.2, 0.25) is 5.91 Å². The van der Waals surface area contributed by atoms with Crippen LogP contribution in [-0.2, 0) is 32.1 Å². The number of rotatable bonds is 4. The minimum atomic E-state index is -0.320. The van der Waals surface area contributed by atoms with Gasteiger partial charge in [0, 0.05) is 23.1 Å². The van der Waals surface area contributed by atoms with Crippen LogP contribution in [0.5, 0.6) is 0 Å². The van der Waals surface area contributed by atoms with Gasteiger partial charge in [-0.2, -0.15) is 0 Å². The third kappa shape index (κ3) is 3.52. The van der Waals surface area contributed by atoms with Crippen LogP contribution in [0.1, 0.15) is 42.1 Å². The van der Waals surface area contributed by atoms with Crippen molar-refractivity contribution in [1.29, 1.82) is 0 Å². The SMILES string of the molecule is COC(=O)[C@H]1[C@@H]2C[C@@H]3c4[nH]c5ccccc5c4CC(=O)N3C[C@H]2CC[C@@H]1OCc1ccccc1. The van der Waals surface area contributed by atoms with Crippen molar-refractivity contribution in [2.45, 2.75) is 44.4 Å². The Bertz CT molecular complexity index is 1220. The molecule has 176 valence electrons. The van der Waals surface area contributed by atoms with Gasteiger partial charge in [0.15, 0.2) is 0 Å². The Morgan fingerprint density at radius 2 is 1.88 bits per heavy atom. The van der Waals surface area contributed by atoms with Crippen molar-refractivity contribution in [1.82, 2.24) is 9.88 Å². The van der Waals surface area contributed by atoms with E-state index in [-0.39, 0.29) is 41.8 Å². The average Bonchev–Trinajstić information content (AvgIpc) is 3.25. The number of methoxy groups -OCH3 is 1. The smallest absolute Gasteiger partial charge is 0.311 e. The summed E-state index contributed by atoms with van der Waals surface area (Å²) in [6, 6.07) is 18.2. The zero-order valence-corrected chi connectivity index (χ0v) is 19.4. The number of amides is 1. The predicted molar refractivity (Wildman–Crippen MR) is 128 cm³/mol. The second-order valence-corrected chi connectivity index (χ2v) is 9.92. The van der Waals surface area contributed by atoms with Crippen molar-refractivity contribution in [2.24, 2.45) is 17.8 Å². The molecule has 2 aliphatic heterocycles. The summed E-state index contributed by atoms with van der Waals surface area (Å²) >= 11 is 0. The molecule has 0 radical (unpaired) electrons. The van der Waals surface area contributed by atoms with E-state index in [4.69, 9.17) is 9.47 Å². The number of ether oxygens (including phenoxy) is 2. The summed E-state index contributed by atoms with van der Waals surface area (Å²) in [6.07, 6.45) is 2.77. The van der Waals surface area contributed by atoms with Crippen LogP contribution < -0.4 is 0 Å². The van der Waals surface area contributed by atoms with Crippen LogP contribution in [-0.4, -0.2) is 41.5 Å². The maximum atomic E-state index is 13.2. The lowest BCUT2D eigenvalue weighted by molar-refractivity contribution is -0.167. The van der Waals surface area contributed by atoms with Gasteiger partial charge < -0.3 is 19.4 Å². The number of nitrogens with zero attached hydrogens (tertiary/aromatic N) is 1. The van der Waals surface area contributed by atoms with Gasteiger partial charge in [-0.25, -0.2) is 0 Å². The third-order valence-corrected chi connectivity index (χ3v) is 8.20. The molecule has 1 aliphatic carbocycles. The Labute approximate surface area is 199 Å². The lowest BCUT2D eigenvalue weighted by Crippen LogP contribution is -2.55. The Hall–Kier alpha value is -3.12. The van der Waals surface area contributed by atoms with E-state index in [0.717, 1.165) is 47.0 Å². The molecule has 1 saturated heterocycles. The molecule has 1 aromatic heterocycles. The number of H-pyrrole nitrogens is 1. The minimum Gasteiger partial charge on any atom is -0.469 e. The topological polar surface area (TPSA) is 71.6 Å². The normalized spacial score (nSPS) is 28.2. The predicted octanol–water partition coefficient (Wildman–Crippen LogP) is 4.40. The number of esters is 1. The number of piperidine rings is 1. The Balaban J connectivity index is 1.31. The summed E-state index contributed by atoms with van der Waals surface area (Å²) in [5, 5.41) is 1.13. The molecule has 0 spiro atoms. The van der Waals surface area contributed by atoms with Gasteiger partial charge in [0.05, 0.1) is 38.2 Å². The van der Waals surface area contributed by atoms with E-state index in [1.807, 2.05) is 42.5 Å². The van der Waals surface area contributed by atoms with Crippen LogP contribution >= 0.6 is 0 Å². The number of benzene rings is 2. The number of hydrogen-bond donors (Lipinski definition) is 1. The van der Waals surface area contributed by atoms with Crippen molar-refractivity contribution < 1.29 is 19.1 Å². The number of carbonyl (C=O) groups excluding carboxylic acids is 2. The van der Waals surface area contributed by atoms with Crippen LogP contribution in [0.3, 0.4) is 0 Å². The molecule has 6 nitrogen and oxygen atoms in total. The summed E-state index contributed by atoms with van der Waals surface area (Å²) in [7, 11) is 1.47. The van der Waals surface area contributed by atoms with Gasteiger partial charge in [-0.15, -0.1) is 0 Å². The molecule has 6 heteroatoms. The maximum Gasteiger partial charge on any atom is 0.311 e. The quantitative estimate of drug-likeness (QED) is 0.589. The fourth-order valence-electron chi connectivity index (χ4n) is 6.60. The zero-order valence-electron chi connectivity index (χ0n) is 19.4. The first kappa shape index (κ1) is 21.4. The number of hydrogen-bond acceptors (Lipinski definition) is 4. The minimum absolute atomic E-state index is 0.0371. The standard InChI is InChI=1S/C28H30N2O4/c1-33-28(32)26-20-13-23-27-21(19-9-5-6-10-22(19)29-27)14-25(31)30(23)15-18(20)11-12-24(26)34-16-17-7-3-2-4-8-17/h2-10,18,20,23-24,26,29H,11-16H2,1H3/t18-,20-,23-,24+,26+/m1/s1. The fourth-order valence-corrected chi connectivity index (χ4v) is 6.60. The Morgan fingerprint density at radius 3 is 2.71 bits per heavy atom. The van der Waals surface area contributed by atoms with Gasteiger partial charge >= 0.3 is 5.97 Å². The summed E-state index contributed by atoms with van der Waals surface area (Å²) in [6.45, 7) is 1.18.